The second-order valence-corrected chi connectivity index (χ2v) is 4.09. The molecule has 90 valence electrons. The highest BCUT2D eigenvalue weighted by atomic mass is 19.4. The molecule has 1 saturated carbocycles. The van der Waals surface area contributed by atoms with Crippen LogP contribution in [-0.4, -0.2) is 17.6 Å². The number of rotatable bonds is 2. The molecule has 0 aliphatic heterocycles. The Balaban J connectivity index is 2.57. The van der Waals surface area contributed by atoms with Crippen LogP contribution in [0.2, 0.25) is 0 Å². The zero-order chi connectivity index (χ0) is 12.2. The summed E-state index contributed by atoms with van der Waals surface area (Å²) in [6.45, 7) is 0. The summed E-state index contributed by atoms with van der Waals surface area (Å²) < 4.78 is 35.8. The predicted octanol–water partition coefficient (Wildman–Crippen LogP) is 2.28. The Morgan fingerprint density at radius 3 is 2.31 bits per heavy atom. The maximum absolute atomic E-state index is 11.9. The van der Waals surface area contributed by atoms with Crippen molar-refractivity contribution in [2.24, 2.45) is 0 Å². The smallest absolute Gasteiger partial charge is 0.338 e. The number of halogens is 3. The van der Waals surface area contributed by atoms with Gasteiger partial charge in [-0.25, -0.2) is 0 Å². The van der Waals surface area contributed by atoms with Crippen LogP contribution in [0.25, 0.3) is 0 Å². The fraction of sp³-hybridized carbons (Fsp3) is 0.800. The number of hydrogen-bond donors (Lipinski definition) is 1. The van der Waals surface area contributed by atoms with Crippen molar-refractivity contribution in [1.82, 2.24) is 5.32 Å². The minimum atomic E-state index is -4.52. The van der Waals surface area contributed by atoms with Gasteiger partial charge in [0, 0.05) is 0 Å². The van der Waals surface area contributed by atoms with Gasteiger partial charge in [-0.2, -0.15) is 18.4 Å². The molecule has 3 nitrogen and oxygen atoms in total. The second-order valence-electron chi connectivity index (χ2n) is 4.09. The molecule has 0 spiro atoms. The zero-order valence-corrected chi connectivity index (χ0v) is 8.73. The van der Waals surface area contributed by atoms with Crippen LogP contribution in [0, 0.1) is 11.3 Å². The van der Waals surface area contributed by atoms with E-state index >= 15 is 0 Å². The monoisotopic (exact) mass is 234 g/mol. The topological polar surface area (TPSA) is 52.9 Å². The minimum Gasteiger partial charge on any atom is -0.338 e. The third-order valence-corrected chi connectivity index (χ3v) is 2.66. The van der Waals surface area contributed by atoms with Gasteiger partial charge in [0.15, 0.2) is 0 Å². The van der Waals surface area contributed by atoms with Gasteiger partial charge in [-0.05, 0) is 12.8 Å². The molecule has 6 heteroatoms. The molecule has 0 aromatic rings. The number of amides is 1. The number of carbonyl (C=O) groups excluding carboxylic acids is 1. The van der Waals surface area contributed by atoms with Crippen molar-refractivity contribution in [3.63, 3.8) is 0 Å². The molecule has 1 rings (SSSR count). The first-order chi connectivity index (χ1) is 7.37. The number of nitrogens with zero attached hydrogens (tertiary/aromatic N) is 1. The number of nitriles is 1. The van der Waals surface area contributed by atoms with Crippen LogP contribution in [0.15, 0.2) is 0 Å². The van der Waals surface area contributed by atoms with E-state index in [0.29, 0.717) is 12.8 Å². The lowest BCUT2D eigenvalue weighted by molar-refractivity contribution is -0.154. The zero-order valence-electron chi connectivity index (χ0n) is 8.73. The van der Waals surface area contributed by atoms with E-state index in [2.05, 4.69) is 5.32 Å². The standard InChI is InChI=1S/C10H13F3N2O/c11-10(12,13)6-8(16)15-9(7-14)4-2-1-3-5-9/h1-6H2,(H,15,16). The maximum Gasteiger partial charge on any atom is 0.397 e. The molecule has 1 N–H and O–H groups in total. The molecule has 16 heavy (non-hydrogen) atoms. The molecule has 0 aromatic carbocycles. The molecule has 0 saturated heterocycles. The Morgan fingerprint density at radius 1 is 1.31 bits per heavy atom. The SMILES string of the molecule is N#CC1(NC(=O)CC(F)(F)F)CCCCC1. The van der Waals surface area contributed by atoms with Crippen LogP contribution in [0.1, 0.15) is 38.5 Å². The molecule has 0 atom stereocenters. The average Bonchev–Trinajstić information content (AvgIpc) is 2.16. The number of carbonyl (C=O) groups is 1. The first-order valence-corrected chi connectivity index (χ1v) is 5.16. The molecule has 1 fully saturated rings. The Bertz CT molecular complexity index is 300. The molecular weight excluding hydrogens is 221 g/mol. The van der Waals surface area contributed by atoms with Gasteiger partial charge in [-0.1, -0.05) is 19.3 Å². The summed E-state index contributed by atoms with van der Waals surface area (Å²) in [5, 5.41) is 11.2. The molecule has 0 heterocycles. The largest absolute Gasteiger partial charge is 0.397 e. The summed E-state index contributed by atoms with van der Waals surface area (Å²) in [4.78, 5) is 11.1. The second kappa shape index (κ2) is 4.73. The molecule has 1 amide bonds. The van der Waals surface area contributed by atoms with Crippen molar-refractivity contribution in [2.75, 3.05) is 0 Å². The van der Waals surface area contributed by atoms with Crippen molar-refractivity contribution in [1.29, 1.82) is 5.26 Å². The molecular formula is C10H13F3N2O. The van der Waals surface area contributed by atoms with Gasteiger partial charge in [0.25, 0.3) is 0 Å². The molecule has 1 aliphatic carbocycles. The van der Waals surface area contributed by atoms with Gasteiger partial charge in [-0.3, -0.25) is 4.79 Å². The normalized spacial score (nSPS) is 19.9. The minimum absolute atomic E-state index is 0.438. The van der Waals surface area contributed by atoms with Crippen LogP contribution in [0.3, 0.4) is 0 Å². The van der Waals surface area contributed by atoms with Gasteiger partial charge in [0.1, 0.15) is 12.0 Å². The highest BCUT2D eigenvalue weighted by molar-refractivity contribution is 5.78. The van der Waals surface area contributed by atoms with Crippen molar-refractivity contribution in [3.8, 4) is 6.07 Å². The number of alkyl halides is 3. The van der Waals surface area contributed by atoms with Crippen LogP contribution in [0.4, 0.5) is 13.2 Å². The summed E-state index contributed by atoms with van der Waals surface area (Å²) in [7, 11) is 0. The van der Waals surface area contributed by atoms with Gasteiger partial charge < -0.3 is 5.32 Å². The van der Waals surface area contributed by atoms with E-state index in [9.17, 15) is 18.0 Å². The van der Waals surface area contributed by atoms with Crippen LogP contribution < -0.4 is 5.32 Å². The molecule has 0 aromatic heterocycles. The summed E-state index contributed by atoms with van der Waals surface area (Å²) in [6.07, 6.45) is -2.68. The summed E-state index contributed by atoms with van der Waals surface area (Å²) in [6, 6.07) is 1.93. The first-order valence-electron chi connectivity index (χ1n) is 5.16. The van der Waals surface area contributed by atoms with Crippen LogP contribution in [0.5, 0.6) is 0 Å². The predicted molar refractivity (Wildman–Crippen MR) is 50.2 cm³/mol. The highest BCUT2D eigenvalue weighted by Crippen LogP contribution is 2.28. The van der Waals surface area contributed by atoms with Crippen molar-refractivity contribution < 1.29 is 18.0 Å². The third-order valence-electron chi connectivity index (χ3n) is 2.66. The maximum atomic E-state index is 11.9. The summed E-state index contributed by atoms with van der Waals surface area (Å²) >= 11 is 0. The molecule has 0 radical (unpaired) electrons. The quantitative estimate of drug-likeness (QED) is 0.796. The lowest BCUT2D eigenvalue weighted by Gasteiger charge is -2.31. The fourth-order valence-electron chi connectivity index (χ4n) is 1.91. The Kier molecular flexibility index (Phi) is 3.79. The highest BCUT2D eigenvalue weighted by Gasteiger charge is 2.37. The Hall–Kier alpha value is -1.25. The van der Waals surface area contributed by atoms with Crippen LogP contribution in [-0.2, 0) is 4.79 Å². The van der Waals surface area contributed by atoms with Crippen molar-refractivity contribution >= 4 is 5.91 Å². The van der Waals surface area contributed by atoms with E-state index in [0.717, 1.165) is 19.3 Å². The van der Waals surface area contributed by atoms with Crippen molar-refractivity contribution in [2.45, 2.75) is 50.2 Å². The third kappa shape index (κ3) is 3.72. The lowest BCUT2D eigenvalue weighted by atomic mass is 9.83. The Morgan fingerprint density at radius 2 is 1.88 bits per heavy atom. The number of nitrogens with one attached hydrogen (secondary N) is 1. The summed E-state index contributed by atoms with van der Waals surface area (Å²) in [5.41, 5.74) is -1.08. The van der Waals surface area contributed by atoms with E-state index in [1.807, 2.05) is 6.07 Å². The van der Waals surface area contributed by atoms with Gasteiger partial charge in [-0.15, -0.1) is 0 Å². The van der Waals surface area contributed by atoms with E-state index in [1.54, 1.807) is 0 Å². The van der Waals surface area contributed by atoms with E-state index in [-0.39, 0.29) is 0 Å². The van der Waals surface area contributed by atoms with Gasteiger partial charge in [0.2, 0.25) is 5.91 Å². The van der Waals surface area contributed by atoms with Gasteiger partial charge in [0.05, 0.1) is 6.07 Å². The molecule has 1 aliphatic rings. The average molecular weight is 234 g/mol. The van der Waals surface area contributed by atoms with E-state index < -0.39 is 24.0 Å². The van der Waals surface area contributed by atoms with E-state index in [4.69, 9.17) is 5.26 Å². The fourth-order valence-corrected chi connectivity index (χ4v) is 1.91. The lowest BCUT2D eigenvalue weighted by Crippen LogP contribution is -2.49. The first kappa shape index (κ1) is 12.8. The molecule has 0 unspecified atom stereocenters. The van der Waals surface area contributed by atoms with E-state index in [1.165, 1.54) is 0 Å². The van der Waals surface area contributed by atoms with Crippen molar-refractivity contribution in [3.05, 3.63) is 0 Å². The summed E-state index contributed by atoms with van der Waals surface area (Å²) in [5.74, 6) is -1.11. The number of hydrogen-bond acceptors (Lipinski definition) is 2. The van der Waals surface area contributed by atoms with Crippen LogP contribution >= 0.6 is 0 Å². The molecule has 0 bridgehead atoms. The Labute approximate surface area is 91.6 Å². The van der Waals surface area contributed by atoms with Gasteiger partial charge >= 0.3 is 6.18 Å².